The van der Waals surface area contributed by atoms with E-state index in [4.69, 9.17) is 10.5 Å². The Hall–Kier alpha value is -2.10. The van der Waals surface area contributed by atoms with E-state index in [0.717, 1.165) is 0 Å². The van der Waals surface area contributed by atoms with Crippen LogP contribution < -0.4 is 16.0 Å². The molecule has 25 heavy (non-hydrogen) atoms. The molecule has 1 fully saturated rings. The summed E-state index contributed by atoms with van der Waals surface area (Å²) < 4.78 is 32.0. The lowest BCUT2D eigenvalue weighted by molar-refractivity contribution is -0.125. The summed E-state index contributed by atoms with van der Waals surface area (Å²) in [6, 6.07) is 3.51. The number of nitrogens with two attached hydrogens (primary N) is 1. The zero-order chi connectivity index (χ0) is 18.6. The van der Waals surface area contributed by atoms with Crippen LogP contribution in [0.4, 0.5) is 20.2 Å². The zero-order valence-corrected chi connectivity index (χ0v) is 14.2. The third kappa shape index (κ3) is 4.50. The largest absolute Gasteiger partial charge is 0.370 e. The average molecular weight is 356 g/mol. The summed E-state index contributed by atoms with van der Waals surface area (Å²) in [7, 11) is 3.41. The number of amides is 2. The van der Waals surface area contributed by atoms with Gasteiger partial charge in [0.05, 0.1) is 12.3 Å². The Morgan fingerprint density at radius 3 is 2.72 bits per heavy atom. The molecule has 9 heteroatoms. The number of anilines is 2. The fraction of sp³-hybridized carbons (Fsp3) is 0.500. The molecule has 0 spiro atoms. The molecule has 1 aromatic carbocycles. The second-order valence-electron chi connectivity index (χ2n) is 5.88. The third-order valence-corrected chi connectivity index (χ3v) is 3.96. The van der Waals surface area contributed by atoms with Crippen molar-refractivity contribution in [1.29, 1.82) is 0 Å². The molecule has 7 nitrogen and oxygen atoms in total. The Kier molecular flexibility index (Phi) is 6.40. The molecule has 1 aromatic rings. The predicted molar refractivity (Wildman–Crippen MR) is 89.7 cm³/mol. The van der Waals surface area contributed by atoms with Crippen molar-refractivity contribution in [1.82, 2.24) is 4.90 Å². The van der Waals surface area contributed by atoms with Crippen LogP contribution in [-0.4, -0.2) is 63.2 Å². The molecule has 1 heterocycles. The predicted octanol–water partition coefficient (Wildman–Crippen LogP) is 0.815. The molecule has 2 amide bonds. The average Bonchev–Trinajstić information content (AvgIpc) is 2.55. The number of carbonyl (C=O) groups excluding carboxylic acids is 2. The van der Waals surface area contributed by atoms with Crippen molar-refractivity contribution in [3.05, 3.63) is 23.8 Å². The lowest BCUT2D eigenvalue weighted by atomic mass is 10.1. The van der Waals surface area contributed by atoms with E-state index in [-0.39, 0.29) is 55.1 Å². The van der Waals surface area contributed by atoms with Crippen LogP contribution in [0.1, 0.15) is 12.0 Å². The molecule has 138 valence electrons. The number of morpholine rings is 1. The fourth-order valence-corrected chi connectivity index (χ4v) is 2.60. The van der Waals surface area contributed by atoms with Gasteiger partial charge in [0.25, 0.3) is 12.3 Å². The number of halogens is 2. The second kappa shape index (κ2) is 8.32. The molecule has 0 aliphatic carbocycles. The highest BCUT2D eigenvalue weighted by molar-refractivity contribution is 5.97. The maximum absolute atomic E-state index is 13.5. The Labute approximate surface area is 144 Å². The summed E-state index contributed by atoms with van der Waals surface area (Å²) in [6.45, 7) is 0.455. The maximum atomic E-state index is 13.5. The van der Waals surface area contributed by atoms with Crippen LogP contribution in [0.25, 0.3) is 0 Å². The van der Waals surface area contributed by atoms with Gasteiger partial charge in [-0.1, -0.05) is 0 Å². The van der Waals surface area contributed by atoms with Gasteiger partial charge in [0.15, 0.2) is 0 Å². The summed E-state index contributed by atoms with van der Waals surface area (Å²) in [5.41, 5.74) is 5.60. The normalized spacial score (nSPS) is 16.4. The van der Waals surface area contributed by atoms with Gasteiger partial charge in [-0.3, -0.25) is 14.5 Å². The molecular weight excluding hydrogens is 334 g/mol. The minimum Gasteiger partial charge on any atom is -0.370 e. The van der Waals surface area contributed by atoms with Crippen molar-refractivity contribution >= 4 is 23.2 Å². The fourth-order valence-electron chi connectivity index (χ4n) is 2.60. The van der Waals surface area contributed by atoms with Crippen LogP contribution in [0.2, 0.25) is 0 Å². The van der Waals surface area contributed by atoms with Crippen LogP contribution in [0, 0.1) is 0 Å². The molecule has 1 aliphatic rings. The molecular formula is C16H22F2N4O3. The highest BCUT2D eigenvalue weighted by atomic mass is 19.3. The number of benzene rings is 1. The minimum absolute atomic E-state index is 0.0981. The van der Waals surface area contributed by atoms with E-state index >= 15 is 0 Å². The number of ether oxygens (including phenoxy) is 1. The maximum Gasteiger partial charge on any atom is 0.265 e. The van der Waals surface area contributed by atoms with Crippen molar-refractivity contribution in [3.63, 3.8) is 0 Å². The third-order valence-electron chi connectivity index (χ3n) is 3.96. The van der Waals surface area contributed by atoms with Gasteiger partial charge in [-0.2, -0.15) is 0 Å². The SMILES string of the molecule is CN(C)[C@H](CN)C(=O)Nc1ccc(N2CCOCC2=O)c(C(F)F)c1. The lowest BCUT2D eigenvalue weighted by Crippen LogP contribution is -2.45. The second-order valence-corrected chi connectivity index (χ2v) is 5.88. The van der Waals surface area contributed by atoms with E-state index < -0.39 is 12.5 Å². The zero-order valence-electron chi connectivity index (χ0n) is 14.2. The Morgan fingerprint density at radius 1 is 1.44 bits per heavy atom. The van der Waals surface area contributed by atoms with Gasteiger partial charge in [-0.05, 0) is 32.3 Å². The molecule has 1 saturated heterocycles. The Morgan fingerprint density at radius 2 is 2.16 bits per heavy atom. The summed E-state index contributed by atoms with van der Waals surface area (Å²) in [4.78, 5) is 27.0. The minimum atomic E-state index is -2.79. The van der Waals surface area contributed by atoms with Crippen LogP contribution in [0.15, 0.2) is 18.2 Å². The van der Waals surface area contributed by atoms with Crippen LogP contribution >= 0.6 is 0 Å². The lowest BCUT2D eigenvalue weighted by Gasteiger charge is -2.29. The molecule has 0 unspecified atom stereocenters. The molecule has 1 atom stereocenters. The number of nitrogens with one attached hydrogen (secondary N) is 1. The number of hydrogen-bond donors (Lipinski definition) is 2. The number of likely N-dealkylation sites (N-methyl/N-ethyl adjacent to an activating group) is 1. The first-order valence-electron chi connectivity index (χ1n) is 7.82. The molecule has 3 N–H and O–H groups in total. The first kappa shape index (κ1) is 19.2. The van der Waals surface area contributed by atoms with Gasteiger partial charge in [0.1, 0.15) is 12.6 Å². The first-order valence-corrected chi connectivity index (χ1v) is 7.82. The van der Waals surface area contributed by atoms with Gasteiger partial charge in [0, 0.05) is 24.3 Å². The summed E-state index contributed by atoms with van der Waals surface area (Å²) in [6.07, 6.45) is -2.79. The van der Waals surface area contributed by atoms with E-state index in [0.29, 0.717) is 0 Å². The molecule has 0 radical (unpaired) electrons. The topological polar surface area (TPSA) is 87.9 Å². The molecule has 0 bridgehead atoms. The summed E-state index contributed by atoms with van der Waals surface area (Å²) in [5, 5.41) is 2.59. The van der Waals surface area contributed by atoms with Gasteiger partial charge in [-0.15, -0.1) is 0 Å². The molecule has 2 rings (SSSR count). The van der Waals surface area contributed by atoms with E-state index in [1.165, 1.54) is 23.1 Å². The number of alkyl halides is 2. The van der Waals surface area contributed by atoms with Crippen LogP contribution in [-0.2, 0) is 14.3 Å². The molecule has 0 aromatic heterocycles. The Bertz CT molecular complexity index is 640. The van der Waals surface area contributed by atoms with Gasteiger partial charge in [-0.25, -0.2) is 8.78 Å². The van der Waals surface area contributed by atoms with E-state index in [2.05, 4.69) is 5.32 Å². The standard InChI is InChI=1S/C16H22F2N4O3/c1-21(2)13(8-19)16(24)20-10-3-4-12(11(7-10)15(17)18)22-5-6-25-9-14(22)23/h3-4,7,13,15H,5-6,8-9,19H2,1-2H3,(H,20,24)/t13-/m1/s1. The van der Waals surface area contributed by atoms with Crippen molar-refractivity contribution in [2.75, 3.05) is 50.6 Å². The number of rotatable bonds is 6. The first-order chi connectivity index (χ1) is 11.8. The number of hydrogen-bond acceptors (Lipinski definition) is 5. The van der Waals surface area contributed by atoms with Crippen molar-refractivity contribution < 1.29 is 23.1 Å². The van der Waals surface area contributed by atoms with Gasteiger partial charge >= 0.3 is 0 Å². The molecule has 1 aliphatic heterocycles. The number of nitrogens with zero attached hydrogens (tertiary/aromatic N) is 2. The van der Waals surface area contributed by atoms with Gasteiger partial charge < -0.3 is 20.7 Å². The van der Waals surface area contributed by atoms with Crippen molar-refractivity contribution in [3.8, 4) is 0 Å². The van der Waals surface area contributed by atoms with Crippen molar-refractivity contribution in [2.24, 2.45) is 5.73 Å². The van der Waals surface area contributed by atoms with E-state index in [1.807, 2.05) is 0 Å². The van der Waals surface area contributed by atoms with Gasteiger partial charge in [0.2, 0.25) is 5.91 Å². The Balaban J connectivity index is 2.26. The van der Waals surface area contributed by atoms with E-state index in [1.54, 1.807) is 19.0 Å². The molecule has 0 saturated carbocycles. The monoisotopic (exact) mass is 356 g/mol. The van der Waals surface area contributed by atoms with Crippen LogP contribution in [0.5, 0.6) is 0 Å². The summed E-state index contributed by atoms with van der Waals surface area (Å²) in [5.74, 6) is -0.761. The van der Waals surface area contributed by atoms with Crippen LogP contribution in [0.3, 0.4) is 0 Å². The summed E-state index contributed by atoms with van der Waals surface area (Å²) >= 11 is 0. The van der Waals surface area contributed by atoms with E-state index in [9.17, 15) is 18.4 Å². The quantitative estimate of drug-likeness (QED) is 0.788. The highest BCUT2D eigenvalue weighted by Gasteiger charge is 2.26. The smallest absolute Gasteiger partial charge is 0.265 e. The number of carbonyl (C=O) groups is 2. The van der Waals surface area contributed by atoms with Crippen molar-refractivity contribution in [2.45, 2.75) is 12.5 Å². The highest BCUT2D eigenvalue weighted by Crippen LogP contribution is 2.33.